The highest BCUT2D eigenvalue weighted by Gasteiger charge is 2.02. The summed E-state index contributed by atoms with van der Waals surface area (Å²) in [7, 11) is 0. The van der Waals surface area contributed by atoms with Crippen LogP contribution in [0.25, 0.3) is 0 Å². The van der Waals surface area contributed by atoms with Gasteiger partial charge in [-0.1, -0.05) is 24.6 Å². The zero-order valence-electron chi connectivity index (χ0n) is 9.55. The van der Waals surface area contributed by atoms with Crippen LogP contribution >= 0.6 is 11.6 Å². The SMILES string of the molecule is CCCN=C(NN)Nc1cc(C)ccc1Cl. The number of hydrazine groups is 1. The van der Waals surface area contributed by atoms with Crippen molar-refractivity contribution < 1.29 is 0 Å². The molecule has 0 aliphatic heterocycles. The van der Waals surface area contributed by atoms with Crippen LogP contribution in [-0.4, -0.2) is 12.5 Å². The molecule has 0 atom stereocenters. The van der Waals surface area contributed by atoms with Crippen LogP contribution in [0.4, 0.5) is 5.69 Å². The van der Waals surface area contributed by atoms with Crippen molar-refractivity contribution in [2.75, 3.05) is 11.9 Å². The van der Waals surface area contributed by atoms with Crippen LogP contribution in [0.3, 0.4) is 0 Å². The molecule has 16 heavy (non-hydrogen) atoms. The van der Waals surface area contributed by atoms with Gasteiger partial charge in [-0.05, 0) is 31.0 Å². The van der Waals surface area contributed by atoms with Crippen LogP contribution in [0.2, 0.25) is 5.02 Å². The lowest BCUT2D eigenvalue weighted by Crippen LogP contribution is -2.36. The van der Waals surface area contributed by atoms with Crippen molar-refractivity contribution in [2.45, 2.75) is 20.3 Å². The molecule has 0 heterocycles. The van der Waals surface area contributed by atoms with Gasteiger partial charge in [0.05, 0.1) is 10.7 Å². The first-order chi connectivity index (χ1) is 7.67. The summed E-state index contributed by atoms with van der Waals surface area (Å²) in [5.74, 6) is 5.89. The fourth-order valence-electron chi connectivity index (χ4n) is 1.21. The smallest absolute Gasteiger partial charge is 0.210 e. The topological polar surface area (TPSA) is 62.4 Å². The van der Waals surface area contributed by atoms with Gasteiger partial charge in [-0.3, -0.25) is 10.4 Å². The number of rotatable bonds is 3. The Labute approximate surface area is 101 Å². The summed E-state index contributed by atoms with van der Waals surface area (Å²) in [6.07, 6.45) is 0.967. The molecule has 0 spiro atoms. The summed E-state index contributed by atoms with van der Waals surface area (Å²) in [5.41, 5.74) is 4.44. The molecule has 0 bridgehead atoms. The van der Waals surface area contributed by atoms with Crippen LogP contribution in [0, 0.1) is 6.92 Å². The molecule has 4 N–H and O–H groups in total. The number of anilines is 1. The minimum Gasteiger partial charge on any atom is -0.324 e. The van der Waals surface area contributed by atoms with Crippen molar-refractivity contribution in [1.82, 2.24) is 5.43 Å². The first kappa shape index (κ1) is 12.8. The van der Waals surface area contributed by atoms with E-state index < -0.39 is 0 Å². The van der Waals surface area contributed by atoms with E-state index in [2.05, 4.69) is 22.7 Å². The zero-order chi connectivity index (χ0) is 12.0. The fraction of sp³-hybridized carbons (Fsp3) is 0.364. The Morgan fingerprint density at radius 2 is 2.25 bits per heavy atom. The number of aryl methyl sites for hydroxylation is 1. The average Bonchev–Trinajstić information content (AvgIpc) is 2.28. The number of nitrogens with one attached hydrogen (secondary N) is 2. The molecule has 0 saturated heterocycles. The molecular formula is C11H17ClN4. The van der Waals surface area contributed by atoms with Crippen molar-refractivity contribution in [3.63, 3.8) is 0 Å². The lowest BCUT2D eigenvalue weighted by Gasteiger charge is -2.11. The third-order valence-electron chi connectivity index (χ3n) is 2.01. The highest BCUT2D eigenvalue weighted by molar-refractivity contribution is 6.33. The van der Waals surface area contributed by atoms with Crippen molar-refractivity contribution >= 4 is 23.2 Å². The minimum atomic E-state index is 0.523. The second kappa shape index (κ2) is 6.35. The summed E-state index contributed by atoms with van der Waals surface area (Å²) in [5, 5.41) is 3.70. The van der Waals surface area contributed by atoms with E-state index in [-0.39, 0.29) is 0 Å². The predicted molar refractivity (Wildman–Crippen MR) is 69.7 cm³/mol. The first-order valence-electron chi connectivity index (χ1n) is 5.21. The predicted octanol–water partition coefficient (Wildman–Crippen LogP) is 2.29. The molecule has 0 amide bonds. The summed E-state index contributed by atoms with van der Waals surface area (Å²) in [6.45, 7) is 4.77. The van der Waals surface area contributed by atoms with Crippen LogP contribution in [0.5, 0.6) is 0 Å². The standard InChI is InChI=1S/C11H17ClN4/c1-3-6-14-11(16-13)15-10-7-8(2)4-5-9(10)12/h4-5,7H,3,6,13H2,1-2H3,(H2,14,15,16). The Hall–Kier alpha value is -1.26. The largest absolute Gasteiger partial charge is 0.324 e. The van der Waals surface area contributed by atoms with E-state index in [1.165, 1.54) is 0 Å². The van der Waals surface area contributed by atoms with Gasteiger partial charge in [0.25, 0.3) is 0 Å². The number of nitrogens with zero attached hydrogens (tertiary/aromatic N) is 1. The van der Waals surface area contributed by atoms with Gasteiger partial charge in [0.2, 0.25) is 5.96 Å². The molecular weight excluding hydrogens is 224 g/mol. The summed E-state index contributed by atoms with van der Waals surface area (Å²) in [6, 6.07) is 5.74. The van der Waals surface area contributed by atoms with Crippen LogP contribution in [-0.2, 0) is 0 Å². The third kappa shape index (κ3) is 3.72. The molecule has 1 aromatic rings. The molecule has 4 nitrogen and oxygen atoms in total. The molecule has 5 heteroatoms. The summed E-state index contributed by atoms with van der Waals surface area (Å²) >= 11 is 6.05. The highest BCUT2D eigenvalue weighted by atomic mass is 35.5. The lowest BCUT2D eigenvalue weighted by atomic mass is 10.2. The molecule has 88 valence electrons. The van der Waals surface area contributed by atoms with Gasteiger partial charge >= 0.3 is 0 Å². The van der Waals surface area contributed by atoms with Gasteiger partial charge in [-0.25, -0.2) is 5.84 Å². The summed E-state index contributed by atoms with van der Waals surface area (Å²) < 4.78 is 0. The molecule has 1 aromatic carbocycles. The van der Waals surface area contributed by atoms with Gasteiger partial charge in [-0.15, -0.1) is 0 Å². The van der Waals surface area contributed by atoms with E-state index in [0.717, 1.165) is 24.2 Å². The lowest BCUT2D eigenvalue weighted by molar-refractivity contribution is 0.905. The van der Waals surface area contributed by atoms with Crippen LogP contribution in [0.15, 0.2) is 23.2 Å². The molecule has 0 fully saturated rings. The van der Waals surface area contributed by atoms with E-state index >= 15 is 0 Å². The van der Waals surface area contributed by atoms with E-state index in [9.17, 15) is 0 Å². The van der Waals surface area contributed by atoms with Crippen LogP contribution < -0.4 is 16.6 Å². The average molecular weight is 241 g/mol. The number of halogens is 1. The maximum Gasteiger partial charge on any atom is 0.210 e. The summed E-state index contributed by atoms with van der Waals surface area (Å²) in [4.78, 5) is 4.24. The van der Waals surface area contributed by atoms with Crippen molar-refractivity contribution in [1.29, 1.82) is 0 Å². The normalized spacial score (nSPS) is 11.4. The molecule has 0 unspecified atom stereocenters. The zero-order valence-corrected chi connectivity index (χ0v) is 10.3. The Bertz CT molecular complexity index is 376. The molecule has 0 aliphatic rings. The Morgan fingerprint density at radius 1 is 1.50 bits per heavy atom. The maximum atomic E-state index is 6.05. The number of aliphatic imine (C=N–C) groups is 1. The van der Waals surface area contributed by atoms with Crippen molar-refractivity contribution in [3.05, 3.63) is 28.8 Å². The van der Waals surface area contributed by atoms with Gasteiger partial charge in [0.1, 0.15) is 0 Å². The van der Waals surface area contributed by atoms with Gasteiger partial charge < -0.3 is 5.32 Å². The molecule has 0 radical (unpaired) electrons. The minimum absolute atomic E-state index is 0.523. The molecule has 0 saturated carbocycles. The van der Waals surface area contributed by atoms with Gasteiger partial charge in [0.15, 0.2) is 0 Å². The number of hydrogen-bond donors (Lipinski definition) is 3. The quantitative estimate of drug-likeness (QED) is 0.329. The highest BCUT2D eigenvalue weighted by Crippen LogP contribution is 2.22. The van der Waals surface area contributed by atoms with Crippen molar-refractivity contribution in [3.8, 4) is 0 Å². The second-order valence-electron chi connectivity index (χ2n) is 3.48. The van der Waals surface area contributed by atoms with E-state index in [4.69, 9.17) is 17.4 Å². The second-order valence-corrected chi connectivity index (χ2v) is 3.89. The van der Waals surface area contributed by atoms with Gasteiger partial charge in [0, 0.05) is 6.54 Å². The number of hydrogen-bond acceptors (Lipinski definition) is 2. The molecule has 0 aromatic heterocycles. The van der Waals surface area contributed by atoms with Crippen LogP contribution in [0.1, 0.15) is 18.9 Å². The number of nitrogens with two attached hydrogens (primary N) is 1. The Kier molecular flexibility index (Phi) is 5.08. The maximum absolute atomic E-state index is 6.05. The molecule has 1 rings (SSSR count). The van der Waals surface area contributed by atoms with E-state index in [1.54, 1.807) is 0 Å². The van der Waals surface area contributed by atoms with E-state index in [0.29, 0.717) is 11.0 Å². The number of benzene rings is 1. The monoisotopic (exact) mass is 240 g/mol. The first-order valence-corrected chi connectivity index (χ1v) is 5.59. The third-order valence-corrected chi connectivity index (χ3v) is 2.33. The van der Waals surface area contributed by atoms with E-state index in [1.807, 2.05) is 25.1 Å². The molecule has 0 aliphatic carbocycles. The van der Waals surface area contributed by atoms with Gasteiger partial charge in [-0.2, -0.15) is 0 Å². The Morgan fingerprint density at radius 3 is 2.88 bits per heavy atom. The Balaban J connectivity index is 2.81. The van der Waals surface area contributed by atoms with Crippen molar-refractivity contribution in [2.24, 2.45) is 10.8 Å². The fourth-order valence-corrected chi connectivity index (χ4v) is 1.37. The number of guanidine groups is 1.